The molecule has 3 rings (SSSR count). The minimum atomic E-state index is 0.766. The molecule has 94 valence electrons. The van der Waals surface area contributed by atoms with Gasteiger partial charge in [-0.05, 0) is 36.8 Å². The Hall–Kier alpha value is -1.32. The highest BCUT2D eigenvalue weighted by molar-refractivity contribution is 6.31. The smallest absolute Gasteiger partial charge is 0.129 e. The monoisotopic (exact) mass is 261 g/mol. The van der Waals surface area contributed by atoms with E-state index in [9.17, 15) is 0 Å². The number of aromatic nitrogens is 1. The molecule has 4 heteroatoms. The van der Waals surface area contributed by atoms with E-state index in [4.69, 9.17) is 16.6 Å². The van der Waals surface area contributed by atoms with Gasteiger partial charge in [-0.25, -0.2) is 4.98 Å². The highest BCUT2D eigenvalue weighted by Crippen LogP contribution is 2.25. The molecule has 0 aliphatic carbocycles. The zero-order chi connectivity index (χ0) is 12.5. The van der Waals surface area contributed by atoms with Crippen molar-refractivity contribution >= 4 is 28.3 Å². The molecular formula is C14H16ClN3. The lowest BCUT2D eigenvalue weighted by atomic mass is 10.1. The molecule has 0 unspecified atom stereocenters. The highest BCUT2D eigenvalue weighted by Gasteiger charge is 2.13. The number of aryl methyl sites for hydroxylation is 1. The molecule has 0 radical (unpaired) electrons. The molecule has 3 nitrogen and oxygen atoms in total. The second-order valence-corrected chi connectivity index (χ2v) is 5.13. The largest absolute Gasteiger partial charge is 0.354 e. The zero-order valence-corrected chi connectivity index (χ0v) is 11.2. The lowest BCUT2D eigenvalue weighted by Crippen LogP contribution is -2.43. The number of hydrogen-bond acceptors (Lipinski definition) is 3. The Morgan fingerprint density at radius 2 is 2.00 bits per heavy atom. The third-order valence-electron chi connectivity index (χ3n) is 3.41. The van der Waals surface area contributed by atoms with Crippen molar-refractivity contribution in [1.82, 2.24) is 10.3 Å². The van der Waals surface area contributed by atoms with Crippen molar-refractivity contribution in [3.05, 3.63) is 34.9 Å². The predicted molar refractivity (Wildman–Crippen MR) is 76.6 cm³/mol. The number of pyridine rings is 1. The van der Waals surface area contributed by atoms with Crippen molar-refractivity contribution in [2.45, 2.75) is 6.92 Å². The number of halogens is 1. The van der Waals surface area contributed by atoms with Crippen molar-refractivity contribution in [1.29, 1.82) is 0 Å². The number of nitrogens with one attached hydrogen (secondary N) is 1. The van der Waals surface area contributed by atoms with Crippen molar-refractivity contribution in [3.63, 3.8) is 0 Å². The molecule has 0 spiro atoms. The minimum Gasteiger partial charge on any atom is -0.354 e. The maximum Gasteiger partial charge on any atom is 0.129 e. The molecule has 1 aliphatic heterocycles. The quantitative estimate of drug-likeness (QED) is 0.855. The average molecular weight is 262 g/mol. The van der Waals surface area contributed by atoms with E-state index in [1.165, 1.54) is 5.56 Å². The van der Waals surface area contributed by atoms with Crippen LogP contribution in [-0.2, 0) is 0 Å². The highest BCUT2D eigenvalue weighted by atomic mass is 35.5. The molecule has 1 saturated heterocycles. The summed E-state index contributed by atoms with van der Waals surface area (Å²) in [5.74, 6) is 1.07. The van der Waals surface area contributed by atoms with Crippen LogP contribution in [0.2, 0.25) is 5.02 Å². The third kappa shape index (κ3) is 2.16. The summed E-state index contributed by atoms with van der Waals surface area (Å²) in [6.07, 6.45) is 0. The number of hydrogen-bond donors (Lipinski definition) is 1. The fraction of sp³-hybridized carbons (Fsp3) is 0.357. The summed E-state index contributed by atoms with van der Waals surface area (Å²) in [6, 6.07) is 8.04. The molecule has 1 aromatic carbocycles. The van der Waals surface area contributed by atoms with Gasteiger partial charge in [-0.15, -0.1) is 0 Å². The second-order valence-electron chi connectivity index (χ2n) is 4.70. The van der Waals surface area contributed by atoms with Gasteiger partial charge in [0.1, 0.15) is 5.82 Å². The standard InChI is InChI=1S/C14H16ClN3/c1-10-8-14(18-6-4-16-5-7-18)17-13-3-2-11(15)9-12(10)13/h2-3,8-9,16H,4-7H2,1H3. The van der Waals surface area contributed by atoms with Crippen LogP contribution < -0.4 is 10.2 Å². The Balaban J connectivity index is 2.06. The van der Waals surface area contributed by atoms with E-state index in [0.717, 1.165) is 47.9 Å². The molecule has 18 heavy (non-hydrogen) atoms. The number of piperazine rings is 1. The van der Waals surface area contributed by atoms with Crippen LogP contribution in [0.5, 0.6) is 0 Å². The van der Waals surface area contributed by atoms with Crippen LogP contribution in [0.25, 0.3) is 10.9 Å². The first-order valence-corrected chi connectivity index (χ1v) is 6.64. The van der Waals surface area contributed by atoms with Crippen LogP contribution in [0.1, 0.15) is 5.56 Å². The topological polar surface area (TPSA) is 28.2 Å². The van der Waals surface area contributed by atoms with Crippen molar-refractivity contribution in [3.8, 4) is 0 Å². The Kier molecular flexibility index (Phi) is 3.10. The Labute approximate surface area is 112 Å². The molecular weight excluding hydrogens is 246 g/mol. The van der Waals surface area contributed by atoms with Crippen molar-refractivity contribution < 1.29 is 0 Å². The van der Waals surface area contributed by atoms with E-state index in [-0.39, 0.29) is 0 Å². The molecule has 2 aromatic rings. The summed E-state index contributed by atoms with van der Waals surface area (Å²) in [6.45, 7) is 6.21. The van der Waals surface area contributed by atoms with Gasteiger partial charge in [-0.1, -0.05) is 11.6 Å². The normalized spacial score (nSPS) is 16.2. The van der Waals surface area contributed by atoms with Crippen LogP contribution in [-0.4, -0.2) is 31.2 Å². The number of fused-ring (bicyclic) bond motifs is 1. The van der Waals surface area contributed by atoms with E-state index < -0.39 is 0 Å². The summed E-state index contributed by atoms with van der Waals surface area (Å²) < 4.78 is 0. The van der Waals surface area contributed by atoms with Gasteiger partial charge in [-0.2, -0.15) is 0 Å². The van der Waals surface area contributed by atoms with E-state index in [2.05, 4.69) is 23.2 Å². The maximum atomic E-state index is 6.03. The van der Waals surface area contributed by atoms with E-state index in [1.54, 1.807) is 0 Å². The Morgan fingerprint density at radius 1 is 1.22 bits per heavy atom. The first-order valence-electron chi connectivity index (χ1n) is 6.26. The van der Waals surface area contributed by atoms with Gasteiger partial charge in [0.2, 0.25) is 0 Å². The van der Waals surface area contributed by atoms with Gasteiger partial charge in [0.05, 0.1) is 5.52 Å². The number of nitrogens with zero attached hydrogens (tertiary/aromatic N) is 2. The lowest BCUT2D eigenvalue weighted by Gasteiger charge is -2.28. The number of rotatable bonds is 1. The average Bonchev–Trinajstić information content (AvgIpc) is 2.40. The molecule has 0 bridgehead atoms. The predicted octanol–water partition coefficient (Wildman–Crippen LogP) is 2.61. The van der Waals surface area contributed by atoms with Gasteiger partial charge < -0.3 is 10.2 Å². The second kappa shape index (κ2) is 4.75. The van der Waals surface area contributed by atoms with E-state index in [0.29, 0.717) is 0 Å². The van der Waals surface area contributed by atoms with Crippen LogP contribution in [0.4, 0.5) is 5.82 Å². The van der Waals surface area contributed by atoms with Gasteiger partial charge in [0.15, 0.2) is 0 Å². The van der Waals surface area contributed by atoms with Crippen LogP contribution in [0, 0.1) is 6.92 Å². The third-order valence-corrected chi connectivity index (χ3v) is 3.64. The molecule has 1 aliphatic rings. The van der Waals surface area contributed by atoms with E-state index in [1.807, 2.05) is 18.2 Å². The van der Waals surface area contributed by atoms with E-state index >= 15 is 0 Å². The SMILES string of the molecule is Cc1cc(N2CCNCC2)nc2ccc(Cl)cc12. The molecule has 0 atom stereocenters. The Morgan fingerprint density at radius 3 is 2.78 bits per heavy atom. The van der Waals surface area contributed by atoms with Crippen molar-refractivity contribution in [2.75, 3.05) is 31.1 Å². The molecule has 0 amide bonds. The van der Waals surface area contributed by atoms with Crippen molar-refractivity contribution in [2.24, 2.45) is 0 Å². The summed E-state index contributed by atoms with van der Waals surface area (Å²) in [7, 11) is 0. The van der Waals surface area contributed by atoms with Crippen LogP contribution >= 0.6 is 11.6 Å². The summed E-state index contributed by atoms with van der Waals surface area (Å²) >= 11 is 6.03. The summed E-state index contributed by atoms with van der Waals surface area (Å²) in [5.41, 5.74) is 2.25. The molecule has 1 N–H and O–H groups in total. The number of anilines is 1. The first-order chi connectivity index (χ1) is 8.74. The Bertz CT molecular complexity index is 577. The van der Waals surface area contributed by atoms with Gasteiger partial charge in [0.25, 0.3) is 0 Å². The fourth-order valence-electron chi connectivity index (χ4n) is 2.40. The lowest BCUT2D eigenvalue weighted by molar-refractivity contribution is 0.585. The zero-order valence-electron chi connectivity index (χ0n) is 10.4. The first kappa shape index (κ1) is 11.8. The maximum absolute atomic E-state index is 6.03. The minimum absolute atomic E-state index is 0.766. The molecule has 2 heterocycles. The molecule has 1 aromatic heterocycles. The van der Waals surface area contributed by atoms with Gasteiger partial charge in [-0.3, -0.25) is 0 Å². The summed E-state index contributed by atoms with van der Waals surface area (Å²) in [4.78, 5) is 7.07. The van der Waals surface area contributed by atoms with Crippen LogP contribution in [0.3, 0.4) is 0 Å². The van der Waals surface area contributed by atoms with Gasteiger partial charge in [0, 0.05) is 36.6 Å². The molecule has 1 fully saturated rings. The van der Waals surface area contributed by atoms with Crippen LogP contribution in [0.15, 0.2) is 24.3 Å². The number of benzene rings is 1. The molecule has 0 saturated carbocycles. The fourth-order valence-corrected chi connectivity index (χ4v) is 2.58. The van der Waals surface area contributed by atoms with Gasteiger partial charge >= 0.3 is 0 Å². The summed E-state index contributed by atoms with van der Waals surface area (Å²) in [5, 5.41) is 5.26.